The zero-order valence-corrected chi connectivity index (χ0v) is 17.1. The Kier molecular flexibility index (Phi) is 6.01. The topological polar surface area (TPSA) is 89.9 Å². The van der Waals surface area contributed by atoms with Crippen molar-refractivity contribution in [3.63, 3.8) is 0 Å². The van der Waals surface area contributed by atoms with Gasteiger partial charge in [0.05, 0.1) is 11.3 Å². The lowest BCUT2D eigenvalue weighted by Crippen LogP contribution is -2.36. The number of carboxylic acid groups (broad SMARTS) is 1. The molecule has 1 heterocycles. The number of benzene rings is 2. The van der Waals surface area contributed by atoms with Crippen LogP contribution < -0.4 is 10.2 Å². The normalized spacial score (nSPS) is 16.6. The van der Waals surface area contributed by atoms with E-state index in [9.17, 15) is 27.9 Å². The first-order valence-corrected chi connectivity index (χ1v) is 9.77. The minimum atomic E-state index is -4.58. The van der Waals surface area contributed by atoms with E-state index in [1.165, 1.54) is 18.2 Å². The molecule has 0 aromatic heterocycles. The number of alkyl halides is 3. The van der Waals surface area contributed by atoms with Crippen LogP contribution in [0.4, 0.5) is 24.5 Å². The Morgan fingerprint density at radius 2 is 1.90 bits per heavy atom. The maximum absolute atomic E-state index is 13.0. The lowest BCUT2D eigenvalue weighted by atomic mass is 10.1. The third-order valence-corrected chi connectivity index (χ3v) is 6.03. The Labute approximate surface area is 182 Å². The molecule has 2 aromatic rings. The highest BCUT2D eigenvalue weighted by atomic mass is 32.2. The van der Waals surface area contributed by atoms with Crippen molar-refractivity contribution in [1.82, 2.24) is 0 Å². The maximum Gasteiger partial charge on any atom is 0.416 e. The number of halogens is 3. The summed E-state index contributed by atoms with van der Waals surface area (Å²) < 4.78 is 39.0. The van der Waals surface area contributed by atoms with Gasteiger partial charge >= 0.3 is 12.1 Å². The summed E-state index contributed by atoms with van der Waals surface area (Å²) in [5.74, 6) is -2.43. The highest BCUT2D eigenvalue weighted by Gasteiger charge is 2.41. The van der Waals surface area contributed by atoms with Crippen LogP contribution in [-0.4, -0.2) is 36.6 Å². The number of carbonyl (C=O) groups excluding carboxylic acids is 1. The van der Waals surface area contributed by atoms with E-state index >= 15 is 0 Å². The summed E-state index contributed by atoms with van der Waals surface area (Å²) >= 11 is 11.3. The summed E-state index contributed by atoms with van der Waals surface area (Å²) in [5, 5.41) is 20.4. The van der Waals surface area contributed by atoms with Crippen molar-refractivity contribution in [2.24, 2.45) is 0 Å². The van der Waals surface area contributed by atoms with Crippen LogP contribution in [0.25, 0.3) is 0 Å². The van der Waals surface area contributed by atoms with Gasteiger partial charge in [-0.05, 0) is 30.3 Å². The average molecular weight is 472 g/mol. The van der Waals surface area contributed by atoms with Crippen molar-refractivity contribution in [3.05, 3.63) is 53.6 Å². The first kappa shape index (κ1) is 22.0. The fourth-order valence-electron chi connectivity index (χ4n) is 2.63. The summed E-state index contributed by atoms with van der Waals surface area (Å²) in [5.41, 5.74) is -1.02. The summed E-state index contributed by atoms with van der Waals surface area (Å²) in [7, 11) is 0. The fourth-order valence-corrected chi connectivity index (χ4v) is 4.35. The number of aromatic hydroxyl groups is 1. The number of hydrogen-bond acceptors (Lipinski definition) is 6. The van der Waals surface area contributed by atoms with Crippen molar-refractivity contribution in [1.29, 1.82) is 0 Å². The average Bonchev–Trinajstić information content (AvgIpc) is 2.95. The maximum atomic E-state index is 13.0. The van der Waals surface area contributed by atoms with E-state index < -0.39 is 34.6 Å². The molecule has 0 spiro atoms. The third-order valence-electron chi connectivity index (χ3n) is 4.01. The van der Waals surface area contributed by atoms with Crippen molar-refractivity contribution in [2.75, 3.05) is 10.2 Å². The lowest BCUT2D eigenvalue weighted by Gasteiger charge is -2.18. The molecule has 30 heavy (non-hydrogen) atoms. The number of phenols is 1. The predicted octanol–water partition coefficient (Wildman–Crippen LogP) is 4.28. The molecule has 1 unspecified atom stereocenters. The first-order chi connectivity index (χ1) is 14.0. The highest BCUT2D eigenvalue weighted by molar-refractivity contribution is 8.25. The SMILES string of the molecule is O=C(O)c1ccc(NC(=S)C2SC(=S)N(c3cccc(C(F)(F)F)c3)C2=O)cc1O. The largest absolute Gasteiger partial charge is 0.507 e. The van der Waals surface area contributed by atoms with Crippen molar-refractivity contribution < 1.29 is 33.0 Å². The van der Waals surface area contributed by atoms with Crippen LogP contribution in [0.15, 0.2) is 42.5 Å². The number of nitrogens with zero attached hydrogens (tertiary/aromatic N) is 1. The second-order valence-electron chi connectivity index (χ2n) is 6.01. The quantitative estimate of drug-likeness (QED) is 0.568. The Bertz CT molecular complexity index is 1070. The number of carbonyl (C=O) groups is 2. The smallest absolute Gasteiger partial charge is 0.416 e. The number of rotatable bonds is 4. The molecule has 2 aromatic carbocycles. The third kappa shape index (κ3) is 4.40. The molecule has 1 amide bonds. The van der Waals surface area contributed by atoms with E-state index in [0.717, 1.165) is 40.9 Å². The summed E-state index contributed by atoms with van der Waals surface area (Å²) in [6.45, 7) is 0. The lowest BCUT2D eigenvalue weighted by molar-refractivity contribution is -0.137. The summed E-state index contributed by atoms with van der Waals surface area (Å²) in [4.78, 5) is 24.7. The number of thioether (sulfide) groups is 1. The number of nitrogens with one attached hydrogen (secondary N) is 1. The zero-order chi connectivity index (χ0) is 22.2. The van der Waals surface area contributed by atoms with Crippen molar-refractivity contribution in [2.45, 2.75) is 11.4 Å². The minimum absolute atomic E-state index is 0.00398. The van der Waals surface area contributed by atoms with Crippen LogP contribution in [0.1, 0.15) is 15.9 Å². The molecule has 0 bridgehead atoms. The van der Waals surface area contributed by atoms with Gasteiger partial charge in [0.15, 0.2) is 0 Å². The van der Waals surface area contributed by atoms with Gasteiger partial charge in [-0.2, -0.15) is 13.2 Å². The van der Waals surface area contributed by atoms with Gasteiger partial charge in [0.25, 0.3) is 5.91 Å². The minimum Gasteiger partial charge on any atom is -0.507 e. The molecule has 1 aliphatic heterocycles. The van der Waals surface area contributed by atoms with E-state index in [2.05, 4.69) is 5.32 Å². The zero-order valence-electron chi connectivity index (χ0n) is 14.6. The number of anilines is 2. The van der Waals surface area contributed by atoms with Gasteiger partial charge in [-0.15, -0.1) is 0 Å². The molecular formula is C18H11F3N2O4S3. The first-order valence-electron chi connectivity index (χ1n) is 8.08. The van der Waals surface area contributed by atoms with Gasteiger partial charge in [-0.3, -0.25) is 9.69 Å². The van der Waals surface area contributed by atoms with Crippen LogP contribution in [0.5, 0.6) is 5.75 Å². The van der Waals surface area contributed by atoms with E-state index in [1.807, 2.05) is 0 Å². The van der Waals surface area contributed by atoms with Crippen LogP contribution in [-0.2, 0) is 11.0 Å². The molecule has 1 fully saturated rings. The predicted molar refractivity (Wildman–Crippen MR) is 114 cm³/mol. The Hall–Kier alpha value is -2.70. The Morgan fingerprint density at radius 3 is 2.50 bits per heavy atom. The molecule has 1 aliphatic rings. The van der Waals surface area contributed by atoms with E-state index in [-0.39, 0.29) is 26.2 Å². The fraction of sp³-hybridized carbons (Fsp3) is 0.111. The van der Waals surface area contributed by atoms with Gasteiger partial charge in [0, 0.05) is 11.8 Å². The highest BCUT2D eigenvalue weighted by Crippen LogP contribution is 2.37. The van der Waals surface area contributed by atoms with E-state index in [4.69, 9.17) is 29.5 Å². The monoisotopic (exact) mass is 472 g/mol. The summed E-state index contributed by atoms with van der Waals surface area (Å²) in [6, 6.07) is 7.86. The molecule has 3 N–H and O–H groups in total. The molecule has 3 rings (SSSR count). The van der Waals surface area contributed by atoms with Crippen LogP contribution >= 0.6 is 36.2 Å². The standard InChI is InChI=1S/C18H11F3N2O4S3/c19-18(20,21)8-2-1-3-10(6-8)23-15(25)13(30-17(23)29)14(28)22-9-4-5-11(16(26)27)12(24)7-9/h1-7,13,24H,(H,22,28)(H,26,27). The Balaban J connectivity index is 1.80. The molecule has 156 valence electrons. The molecule has 6 nitrogen and oxygen atoms in total. The van der Waals surface area contributed by atoms with E-state index in [0.29, 0.717) is 0 Å². The Morgan fingerprint density at radius 1 is 1.20 bits per heavy atom. The van der Waals surface area contributed by atoms with Gasteiger partial charge in [-0.25, -0.2) is 4.79 Å². The van der Waals surface area contributed by atoms with Crippen molar-refractivity contribution >= 4 is 68.8 Å². The van der Waals surface area contributed by atoms with Crippen LogP contribution in [0.3, 0.4) is 0 Å². The molecule has 1 saturated heterocycles. The molecule has 0 aliphatic carbocycles. The summed E-state index contributed by atoms with van der Waals surface area (Å²) in [6.07, 6.45) is -4.58. The van der Waals surface area contributed by atoms with Gasteiger partial charge in [0.2, 0.25) is 0 Å². The van der Waals surface area contributed by atoms with Crippen LogP contribution in [0.2, 0.25) is 0 Å². The molecule has 1 atom stereocenters. The molecular weight excluding hydrogens is 461 g/mol. The number of thiocarbonyl (C=S) groups is 2. The number of hydrogen-bond donors (Lipinski definition) is 3. The number of amides is 1. The number of carboxylic acids is 1. The van der Waals surface area contributed by atoms with Gasteiger partial charge in [-0.1, -0.05) is 42.3 Å². The van der Waals surface area contributed by atoms with Crippen molar-refractivity contribution in [3.8, 4) is 5.75 Å². The van der Waals surface area contributed by atoms with Crippen LogP contribution in [0, 0.1) is 0 Å². The molecule has 0 radical (unpaired) electrons. The molecule has 12 heteroatoms. The number of aromatic carboxylic acids is 1. The molecule has 0 saturated carbocycles. The second-order valence-corrected chi connectivity index (χ2v) is 8.19. The van der Waals surface area contributed by atoms with Gasteiger partial charge in [0.1, 0.15) is 25.9 Å². The van der Waals surface area contributed by atoms with E-state index in [1.54, 1.807) is 0 Å². The second kappa shape index (κ2) is 8.20. The van der Waals surface area contributed by atoms with Gasteiger partial charge < -0.3 is 15.5 Å².